The van der Waals surface area contributed by atoms with Crippen LogP contribution in [0.2, 0.25) is 0 Å². The lowest BCUT2D eigenvalue weighted by Crippen LogP contribution is -2.41. The molecule has 0 aliphatic carbocycles. The second-order valence-electron chi connectivity index (χ2n) is 4.90. The van der Waals surface area contributed by atoms with Gasteiger partial charge in [-0.1, -0.05) is 29.8 Å². The van der Waals surface area contributed by atoms with Crippen LogP contribution in [0.15, 0.2) is 22.7 Å². The molecule has 100 valence electrons. The standard InChI is InChI=1S/C13H17BrFNO2/c1-8(17)12(18)16-7-13(2,3)10-6-9(14)4-5-11(10)15/h4-6,8,17H,7H2,1-3H3,(H,16,18). The summed E-state index contributed by atoms with van der Waals surface area (Å²) in [5.74, 6) is -0.770. The molecule has 5 heteroatoms. The number of benzene rings is 1. The zero-order chi connectivity index (χ0) is 13.9. The van der Waals surface area contributed by atoms with Gasteiger partial charge in [-0.2, -0.15) is 0 Å². The van der Waals surface area contributed by atoms with Crippen molar-refractivity contribution in [3.63, 3.8) is 0 Å². The third-order valence-electron chi connectivity index (χ3n) is 2.74. The highest BCUT2D eigenvalue weighted by Gasteiger charge is 2.25. The Morgan fingerprint density at radius 2 is 2.17 bits per heavy atom. The number of aliphatic hydroxyl groups excluding tert-OH is 1. The van der Waals surface area contributed by atoms with Crippen molar-refractivity contribution in [3.8, 4) is 0 Å². The largest absolute Gasteiger partial charge is 0.384 e. The summed E-state index contributed by atoms with van der Waals surface area (Å²) in [5, 5.41) is 11.7. The van der Waals surface area contributed by atoms with Crippen molar-refractivity contribution in [1.82, 2.24) is 5.32 Å². The lowest BCUT2D eigenvalue weighted by atomic mass is 9.84. The van der Waals surface area contributed by atoms with Gasteiger partial charge in [-0.25, -0.2) is 4.39 Å². The van der Waals surface area contributed by atoms with Crippen LogP contribution in [0, 0.1) is 5.82 Å². The monoisotopic (exact) mass is 317 g/mol. The number of halogens is 2. The Labute approximate surface area is 115 Å². The van der Waals surface area contributed by atoms with E-state index in [2.05, 4.69) is 21.2 Å². The molecule has 18 heavy (non-hydrogen) atoms. The Balaban J connectivity index is 2.85. The molecule has 0 saturated heterocycles. The first-order valence-electron chi connectivity index (χ1n) is 5.65. The Kier molecular flexibility index (Phi) is 4.87. The molecule has 0 aromatic heterocycles. The second kappa shape index (κ2) is 5.80. The van der Waals surface area contributed by atoms with E-state index in [4.69, 9.17) is 5.11 Å². The smallest absolute Gasteiger partial charge is 0.248 e. The van der Waals surface area contributed by atoms with Crippen LogP contribution in [0.5, 0.6) is 0 Å². The van der Waals surface area contributed by atoms with Crippen LogP contribution in [-0.4, -0.2) is 23.7 Å². The molecule has 1 aromatic carbocycles. The average molecular weight is 318 g/mol. The van der Waals surface area contributed by atoms with E-state index in [1.165, 1.54) is 13.0 Å². The van der Waals surface area contributed by atoms with Crippen LogP contribution >= 0.6 is 15.9 Å². The van der Waals surface area contributed by atoms with Gasteiger partial charge in [-0.05, 0) is 30.7 Å². The van der Waals surface area contributed by atoms with E-state index in [0.29, 0.717) is 5.56 Å². The van der Waals surface area contributed by atoms with Crippen molar-refractivity contribution in [2.75, 3.05) is 6.54 Å². The van der Waals surface area contributed by atoms with E-state index < -0.39 is 17.4 Å². The third-order valence-corrected chi connectivity index (χ3v) is 3.23. The molecule has 1 amide bonds. The van der Waals surface area contributed by atoms with Crippen molar-refractivity contribution >= 4 is 21.8 Å². The Bertz CT molecular complexity index is 447. The minimum Gasteiger partial charge on any atom is -0.384 e. The van der Waals surface area contributed by atoms with Gasteiger partial charge in [0.1, 0.15) is 11.9 Å². The molecule has 0 spiro atoms. The number of nitrogens with one attached hydrogen (secondary N) is 1. The van der Waals surface area contributed by atoms with Crippen LogP contribution in [0.4, 0.5) is 4.39 Å². The normalized spacial score (nSPS) is 13.2. The summed E-state index contributed by atoms with van der Waals surface area (Å²) in [6, 6.07) is 4.71. The van der Waals surface area contributed by atoms with E-state index in [1.54, 1.807) is 12.1 Å². The molecule has 1 rings (SSSR count). The lowest BCUT2D eigenvalue weighted by molar-refractivity contribution is -0.128. The molecule has 0 fully saturated rings. The van der Waals surface area contributed by atoms with Gasteiger partial charge in [0.15, 0.2) is 0 Å². The minimum atomic E-state index is -1.06. The summed E-state index contributed by atoms with van der Waals surface area (Å²) in [4.78, 5) is 11.3. The highest BCUT2D eigenvalue weighted by atomic mass is 79.9. The SMILES string of the molecule is CC(O)C(=O)NCC(C)(C)c1cc(Br)ccc1F. The predicted molar refractivity (Wildman–Crippen MR) is 71.8 cm³/mol. The van der Waals surface area contributed by atoms with Gasteiger partial charge < -0.3 is 10.4 Å². The van der Waals surface area contributed by atoms with Crippen LogP contribution in [0.3, 0.4) is 0 Å². The zero-order valence-corrected chi connectivity index (χ0v) is 12.2. The summed E-state index contributed by atoms with van der Waals surface area (Å²) in [7, 11) is 0. The average Bonchev–Trinajstić information content (AvgIpc) is 2.29. The fourth-order valence-electron chi connectivity index (χ4n) is 1.57. The number of aliphatic hydroxyl groups is 1. The van der Waals surface area contributed by atoms with E-state index in [9.17, 15) is 9.18 Å². The third kappa shape index (κ3) is 3.78. The van der Waals surface area contributed by atoms with Crippen LogP contribution in [0.25, 0.3) is 0 Å². The molecule has 1 unspecified atom stereocenters. The van der Waals surface area contributed by atoms with Crippen LogP contribution in [0.1, 0.15) is 26.3 Å². The molecule has 1 aromatic rings. The first-order chi connectivity index (χ1) is 8.24. The maximum Gasteiger partial charge on any atom is 0.248 e. The van der Waals surface area contributed by atoms with Gasteiger partial charge in [0.25, 0.3) is 0 Å². The fraction of sp³-hybridized carbons (Fsp3) is 0.462. The summed E-state index contributed by atoms with van der Waals surface area (Å²) >= 11 is 3.30. The first kappa shape index (κ1) is 15.1. The summed E-state index contributed by atoms with van der Waals surface area (Å²) < 4.78 is 14.6. The number of rotatable bonds is 4. The highest BCUT2D eigenvalue weighted by Crippen LogP contribution is 2.27. The number of carbonyl (C=O) groups is 1. The number of hydrogen-bond acceptors (Lipinski definition) is 2. The Morgan fingerprint density at radius 3 is 2.72 bits per heavy atom. The van der Waals surface area contributed by atoms with Gasteiger partial charge in [0, 0.05) is 16.4 Å². The molecule has 0 bridgehead atoms. The lowest BCUT2D eigenvalue weighted by Gasteiger charge is -2.26. The molecule has 0 aliphatic rings. The summed E-state index contributed by atoms with van der Waals surface area (Å²) in [5.41, 5.74) is -0.0407. The molecular formula is C13H17BrFNO2. The topological polar surface area (TPSA) is 49.3 Å². The molecule has 0 saturated carbocycles. The van der Waals surface area contributed by atoms with Crippen LogP contribution in [-0.2, 0) is 10.2 Å². The van der Waals surface area contributed by atoms with Crippen molar-refractivity contribution in [2.45, 2.75) is 32.3 Å². The van der Waals surface area contributed by atoms with Gasteiger partial charge in [0.2, 0.25) is 5.91 Å². The van der Waals surface area contributed by atoms with Crippen molar-refractivity contribution < 1.29 is 14.3 Å². The van der Waals surface area contributed by atoms with Crippen molar-refractivity contribution in [1.29, 1.82) is 0 Å². The molecule has 2 N–H and O–H groups in total. The molecule has 0 radical (unpaired) electrons. The molecule has 1 atom stereocenters. The van der Waals surface area contributed by atoms with E-state index in [0.717, 1.165) is 4.47 Å². The van der Waals surface area contributed by atoms with E-state index >= 15 is 0 Å². The van der Waals surface area contributed by atoms with Crippen molar-refractivity contribution in [3.05, 3.63) is 34.1 Å². The second-order valence-corrected chi connectivity index (χ2v) is 5.82. The highest BCUT2D eigenvalue weighted by molar-refractivity contribution is 9.10. The summed E-state index contributed by atoms with van der Waals surface area (Å²) in [6.45, 7) is 5.31. The number of hydrogen-bond donors (Lipinski definition) is 2. The van der Waals surface area contributed by atoms with Gasteiger partial charge >= 0.3 is 0 Å². The van der Waals surface area contributed by atoms with E-state index in [1.807, 2.05) is 13.8 Å². The maximum absolute atomic E-state index is 13.8. The first-order valence-corrected chi connectivity index (χ1v) is 6.44. The minimum absolute atomic E-state index is 0.254. The molecule has 3 nitrogen and oxygen atoms in total. The predicted octanol–water partition coefficient (Wildman–Crippen LogP) is 2.36. The zero-order valence-electron chi connectivity index (χ0n) is 10.6. The molecule has 0 heterocycles. The van der Waals surface area contributed by atoms with Gasteiger partial charge in [-0.3, -0.25) is 4.79 Å². The number of carbonyl (C=O) groups excluding carboxylic acids is 1. The number of amides is 1. The quantitative estimate of drug-likeness (QED) is 0.895. The fourth-order valence-corrected chi connectivity index (χ4v) is 1.93. The molecule has 0 aliphatic heterocycles. The van der Waals surface area contributed by atoms with Crippen molar-refractivity contribution in [2.24, 2.45) is 0 Å². The van der Waals surface area contributed by atoms with Gasteiger partial charge in [0.05, 0.1) is 0 Å². The summed E-state index contributed by atoms with van der Waals surface area (Å²) in [6.07, 6.45) is -1.06. The Hall–Kier alpha value is -0.940. The van der Waals surface area contributed by atoms with Gasteiger partial charge in [-0.15, -0.1) is 0 Å². The van der Waals surface area contributed by atoms with Crippen LogP contribution < -0.4 is 5.32 Å². The molecular weight excluding hydrogens is 301 g/mol. The van der Waals surface area contributed by atoms with E-state index in [-0.39, 0.29) is 12.4 Å². The maximum atomic E-state index is 13.8. The Morgan fingerprint density at radius 1 is 1.56 bits per heavy atom.